The van der Waals surface area contributed by atoms with E-state index in [1.807, 2.05) is 30.3 Å². The van der Waals surface area contributed by atoms with E-state index in [1.54, 1.807) is 6.92 Å². The Kier molecular flexibility index (Phi) is 7.97. The number of carbonyl (C=O) groups excluding carboxylic acids is 1. The van der Waals surface area contributed by atoms with Gasteiger partial charge in [-0.05, 0) is 18.9 Å². The summed E-state index contributed by atoms with van der Waals surface area (Å²) in [5.74, 6) is -0.755. The van der Waals surface area contributed by atoms with E-state index >= 15 is 0 Å². The van der Waals surface area contributed by atoms with Crippen molar-refractivity contribution < 1.29 is 14.6 Å². The minimum atomic E-state index is -0.781. The second-order valence-corrected chi connectivity index (χ2v) is 5.06. The third-order valence-electron chi connectivity index (χ3n) is 3.48. The maximum atomic E-state index is 12.0. The summed E-state index contributed by atoms with van der Waals surface area (Å²) in [5, 5.41) is 10.4. The molecular formula is C17H26O3. The average Bonchev–Trinajstić information content (AvgIpc) is 2.48. The zero-order chi connectivity index (χ0) is 14.8. The number of aliphatic hydroxyl groups excluding tert-OH is 1. The maximum Gasteiger partial charge on any atom is 0.311 e. The Hall–Kier alpha value is -1.35. The first-order chi connectivity index (χ1) is 9.70. The van der Waals surface area contributed by atoms with Crippen LogP contribution >= 0.6 is 0 Å². The number of unbranched alkanes of at least 4 members (excludes halogenated alkanes) is 3. The highest BCUT2D eigenvalue weighted by molar-refractivity contribution is 5.73. The molecule has 0 saturated heterocycles. The van der Waals surface area contributed by atoms with E-state index in [4.69, 9.17) is 4.74 Å². The minimum Gasteiger partial charge on any atom is -0.466 e. The molecular weight excluding hydrogens is 252 g/mol. The largest absolute Gasteiger partial charge is 0.466 e. The molecule has 0 radical (unpaired) electrons. The van der Waals surface area contributed by atoms with Crippen LogP contribution in [0.2, 0.25) is 0 Å². The van der Waals surface area contributed by atoms with Crippen LogP contribution in [0.15, 0.2) is 30.3 Å². The highest BCUT2D eigenvalue weighted by Crippen LogP contribution is 2.27. The summed E-state index contributed by atoms with van der Waals surface area (Å²) in [7, 11) is 0. The lowest BCUT2D eigenvalue weighted by molar-refractivity contribution is -0.152. The molecule has 3 heteroatoms. The standard InChI is InChI=1S/C17H26O3/c1-3-5-6-10-13-15(17(19)20-4-2)16(18)14-11-8-7-9-12-14/h7-9,11-12,15-16,18H,3-6,10,13H2,1-2H3. The Bertz CT molecular complexity index is 375. The predicted octanol–water partition coefficient (Wildman–Crippen LogP) is 3.87. The third kappa shape index (κ3) is 5.33. The Balaban J connectivity index is 2.68. The molecule has 1 rings (SSSR count). The van der Waals surface area contributed by atoms with Crippen LogP contribution in [0.4, 0.5) is 0 Å². The zero-order valence-corrected chi connectivity index (χ0v) is 12.5. The fourth-order valence-electron chi connectivity index (χ4n) is 2.33. The zero-order valence-electron chi connectivity index (χ0n) is 12.5. The van der Waals surface area contributed by atoms with Gasteiger partial charge in [-0.25, -0.2) is 0 Å². The number of carbonyl (C=O) groups is 1. The number of esters is 1. The minimum absolute atomic E-state index is 0.291. The van der Waals surface area contributed by atoms with Crippen molar-refractivity contribution in [2.75, 3.05) is 6.61 Å². The van der Waals surface area contributed by atoms with Crippen molar-refractivity contribution in [2.45, 2.75) is 52.1 Å². The molecule has 1 aromatic carbocycles. The first-order valence-electron chi connectivity index (χ1n) is 7.60. The number of aliphatic hydroxyl groups is 1. The van der Waals surface area contributed by atoms with E-state index in [0.29, 0.717) is 13.0 Å². The number of hydrogen-bond donors (Lipinski definition) is 1. The quantitative estimate of drug-likeness (QED) is 0.551. The lowest BCUT2D eigenvalue weighted by Crippen LogP contribution is -2.24. The Morgan fingerprint density at radius 2 is 1.85 bits per heavy atom. The van der Waals surface area contributed by atoms with Crippen LogP contribution in [0.5, 0.6) is 0 Å². The molecule has 0 aromatic heterocycles. The molecule has 1 aromatic rings. The van der Waals surface area contributed by atoms with Crippen LogP contribution in [-0.2, 0) is 9.53 Å². The smallest absolute Gasteiger partial charge is 0.311 e. The average molecular weight is 278 g/mol. The SMILES string of the molecule is CCCCCCC(C(=O)OCC)C(O)c1ccccc1. The van der Waals surface area contributed by atoms with Gasteiger partial charge in [-0.1, -0.05) is 62.9 Å². The molecule has 0 amide bonds. The van der Waals surface area contributed by atoms with Gasteiger partial charge in [-0.2, -0.15) is 0 Å². The fourth-order valence-corrected chi connectivity index (χ4v) is 2.33. The summed E-state index contributed by atoms with van der Waals surface area (Å²) in [6.45, 7) is 4.30. The molecule has 2 unspecified atom stereocenters. The topological polar surface area (TPSA) is 46.5 Å². The summed E-state index contributed by atoms with van der Waals surface area (Å²) in [6, 6.07) is 9.35. The van der Waals surface area contributed by atoms with Crippen molar-refractivity contribution in [1.82, 2.24) is 0 Å². The van der Waals surface area contributed by atoms with E-state index in [1.165, 1.54) is 0 Å². The molecule has 20 heavy (non-hydrogen) atoms. The molecule has 0 heterocycles. The number of benzene rings is 1. The van der Waals surface area contributed by atoms with Crippen LogP contribution in [0, 0.1) is 5.92 Å². The molecule has 3 nitrogen and oxygen atoms in total. The summed E-state index contributed by atoms with van der Waals surface area (Å²) in [6.07, 6.45) is 4.25. The molecule has 0 saturated carbocycles. The summed E-state index contributed by atoms with van der Waals surface area (Å²) >= 11 is 0. The molecule has 1 N–H and O–H groups in total. The van der Waals surface area contributed by atoms with Gasteiger partial charge in [0, 0.05) is 0 Å². The van der Waals surface area contributed by atoms with Crippen molar-refractivity contribution in [3.05, 3.63) is 35.9 Å². The van der Waals surface area contributed by atoms with Crippen molar-refractivity contribution in [2.24, 2.45) is 5.92 Å². The Labute approximate surface area is 122 Å². The van der Waals surface area contributed by atoms with Crippen molar-refractivity contribution in [3.63, 3.8) is 0 Å². The molecule has 0 bridgehead atoms. The predicted molar refractivity (Wildman–Crippen MR) is 80.3 cm³/mol. The summed E-state index contributed by atoms with van der Waals surface area (Å²) in [4.78, 5) is 12.0. The highest BCUT2D eigenvalue weighted by Gasteiger charge is 2.28. The van der Waals surface area contributed by atoms with E-state index in [2.05, 4.69) is 6.92 Å². The van der Waals surface area contributed by atoms with Crippen LogP contribution in [0.1, 0.15) is 57.6 Å². The van der Waals surface area contributed by atoms with Crippen LogP contribution < -0.4 is 0 Å². The van der Waals surface area contributed by atoms with E-state index in [9.17, 15) is 9.90 Å². The van der Waals surface area contributed by atoms with Crippen LogP contribution in [0.25, 0.3) is 0 Å². The van der Waals surface area contributed by atoms with Gasteiger partial charge in [0.05, 0.1) is 18.6 Å². The fraction of sp³-hybridized carbons (Fsp3) is 0.588. The Morgan fingerprint density at radius 3 is 2.45 bits per heavy atom. The van der Waals surface area contributed by atoms with Gasteiger partial charge in [0.1, 0.15) is 0 Å². The van der Waals surface area contributed by atoms with Gasteiger partial charge in [0.15, 0.2) is 0 Å². The summed E-state index contributed by atoms with van der Waals surface area (Å²) in [5.41, 5.74) is 0.779. The first kappa shape index (κ1) is 16.7. The monoisotopic (exact) mass is 278 g/mol. The van der Waals surface area contributed by atoms with Crippen molar-refractivity contribution in [1.29, 1.82) is 0 Å². The van der Waals surface area contributed by atoms with Crippen LogP contribution in [0.3, 0.4) is 0 Å². The Morgan fingerprint density at radius 1 is 1.15 bits per heavy atom. The number of ether oxygens (including phenoxy) is 1. The van der Waals surface area contributed by atoms with Crippen molar-refractivity contribution >= 4 is 5.97 Å². The number of rotatable bonds is 9. The van der Waals surface area contributed by atoms with Crippen LogP contribution in [-0.4, -0.2) is 17.7 Å². The molecule has 0 fully saturated rings. The van der Waals surface area contributed by atoms with Gasteiger partial charge in [-0.3, -0.25) is 4.79 Å². The van der Waals surface area contributed by atoms with Gasteiger partial charge in [0.2, 0.25) is 0 Å². The van der Waals surface area contributed by atoms with Gasteiger partial charge < -0.3 is 9.84 Å². The summed E-state index contributed by atoms with van der Waals surface area (Å²) < 4.78 is 5.10. The van der Waals surface area contributed by atoms with Gasteiger partial charge in [0.25, 0.3) is 0 Å². The maximum absolute atomic E-state index is 12.0. The van der Waals surface area contributed by atoms with E-state index < -0.39 is 12.0 Å². The molecule has 0 aliphatic heterocycles. The van der Waals surface area contributed by atoms with E-state index in [-0.39, 0.29) is 5.97 Å². The first-order valence-corrected chi connectivity index (χ1v) is 7.60. The molecule has 112 valence electrons. The number of hydrogen-bond acceptors (Lipinski definition) is 3. The highest BCUT2D eigenvalue weighted by atomic mass is 16.5. The van der Waals surface area contributed by atoms with Crippen molar-refractivity contribution in [3.8, 4) is 0 Å². The lowest BCUT2D eigenvalue weighted by atomic mass is 9.90. The second-order valence-electron chi connectivity index (χ2n) is 5.06. The second kappa shape index (κ2) is 9.54. The van der Waals surface area contributed by atoms with E-state index in [0.717, 1.165) is 31.2 Å². The normalized spacial score (nSPS) is 13.8. The molecule has 2 atom stereocenters. The van der Waals surface area contributed by atoms with Gasteiger partial charge >= 0.3 is 5.97 Å². The molecule has 0 aliphatic rings. The lowest BCUT2D eigenvalue weighted by Gasteiger charge is -2.21. The van der Waals surface area contributed by atoms with Gasteiger partial charge in [-0.15, -0.1) is 0 Å². The molecule has 0 spiro atoms. The molecule has 0 aliphatic carbocycles. The third-order valence-corrected chi connectivity index (χ3v) is 3.48.